The molecule has 3 heteroatoms. The van der Waals surface area contributed by atoms with Gasteiger partial charge in [-0.1, -0.05) is 6.58 Å². The van der Waals surface area contributed by atoms with E-state index in [1.54, 1.807) is 0 Å². The van der Waals surface area contributed by atoms with E-state index >= 15 is 0 Å². The van der Waals surface area contributed by atoms with Crippen LogP contribution in [-0.2, 0) is 0 Å². The van der Waals surface area contributed by atoms with Gasteiger partial charge in [0.2, 0.25) is 0 Å². The maximum Gasteiger partial charge on any atom is 0.143 e. The molecular formula is C12H18N2O. The van der Waals surface area contributed by atoms with E-state index in [2.05, 4.69) is 31.1 Å². The van der Waals surface area contributed by atoms with Crippen LogP contribution in [0.2, 0.25) is 0 Å². The SMILES string of the molecule is C=CC(O)Nc1ccc(NC(C)C)cc1. The van der Waals surface area contributed by atoms with Crippen LogP contribution in [0.3, 0.4) is 0 Å². The van der Waals surface area contributed by atoms with Gasteiger partial charge in [-0.15, -0.1) is 0 Å². The zero-order valence-electron chi connectivity index (χ0n) is 9.20. The standard InChI is InChI=1S/C12H18N2O/c1-4-12(15)14-11-7-5-10(6-8-11)13-9(2)3/h4-9,12-15H,1H2,2-3H3. The average molecular weight is 206 g/mol. The van der Waals surface area contributed by atoms with Gasteiger partial charge in [-0.05, 0) is 44.2 Å². The van der Waals surface area contributed by atoms with Crippen molar-refractivity contribution in [3.05, 3.63) is 36.9 Å². The molecule has 0 aliphatic heterocycles. The highest BCUT2D eigenvalue weighted by atomic mass is 16.3. The van der Waals surface area contributed by atoms with Crippen molar-refractivity contribution < 1.29 is 5.11 Å². The second kappa shape index (κ2) is 5.41. The number of benzene rings is 1. The van der Waals surface area contributed by atoms with Crippen molar-refractivity contribution in [1.29, 1.82) is 0 Å². The first-order chi connectivity index (χ1) is 7.11. The molecule has 0 spiro atoms. The van der Waals surface area contributed by atoms with Crippen molar-refractivity contribution >= 4 is 11.4 Å². The van der Waals surface area contributed by atoms with Gasteiger partial charge in [0.15, 0.2) is 0 Å². The van der Waals surface area contributed by atoms with Gasteiger partial charge in [0.05, 0.1) is 0 Å². The first-order valence-corrected chi connectivity index (χ1v) is 5.05. The zero-order chi connectivity index (χ0) is 11.3. The molecule has 1 unspecified atom stereocenters. The molecule has 82 valence electrons. The Morgan fingerprint density at radius 2 is 1.60 bits per heavy atom. The minimum Gasteiger partial charge on any atom is -0.383 e. The molecule has 1 aromatic rings. The van der Waals surface area contributed by atoms with Crippen molar-refractivity contribution in [3.63, 3.8) is 0 Å². The molecule has 0 aliphatic rings. The fourth-order valence-electron chi connectivity index (χ4n) is 1.23. The molecule has 3 nitrogen and oxygen atoms in total. The number of nitrogens with one attached hydrogen (secondary N) is 2. The van der Waals surface area contributed by atoms with Gasteiger partial charge < -0.3 is 15.7 Å². The Labute approximate surface area is 90.8 Å². The van der Waals surface area contributed by atoms with E-state index in [4.69, 9.17) is 0 Å². The fourth-order valence-corrected chi connectivity index (χ4v) is 1.23. The number of aliphatic hydroxyl groups excluding tert-OH is 1. The second-order valence-corrected chi connectivity index (χ2v) is 3.70. The average Bonchev–Trinajstić information content (AvgIpc) is 2.20. The molecule has 0 fully saturated rings. The van der Waals surface area contributed by atoms with Crippen LogP contribution >= 0.6 is 0 Å². The predicted molar refractivity (Wildman–Crippen MR) is 65.0 cm³/mol. The van der Waals surface area contributed by atoms with Crippen LogP contribution in [0.4, 0.5) is 11.4 Å². The Balaban J connectivity index is 2.59. The van der Waals surface area contributed by atoms with Crippen LogP contribution in [0.15, 0.2) is 36.9 Å². The van der Waals surface area contributed by atoms with E-state index < -0.39 is 6.23 Å². The van der Waals surface area contributed by atoms with Crippen LogP contribution in [-0.4, -0.2) is 17.4 Å². The van der Waals surface area contributed by atoms with Crippen molar-refractivity contribution in [1.82, 2.24) is 0 Å². The number of rotatable bonds is 5. The first-order valence-electron chi connectivity index (χ1n) is 5.05. The first kappa shape index (κ1) is 11.6. The van der Waals surface area contributed by atoms with Crippen molar-refractivity contribution in [3.8, 4) is 0 Å². The van der Waals surface area contributed by atoms with Gasteiger partial charge in [0.1, 0.15) is 6.23 Å². The largest absolute Gasteiger partial charge is 0.383 e. The molecule has 0 bridgehead atoms. The third-order valence-corrected chi connectivity index (χ3v) is 1.88. The van der Waals surface area contributed by atoms with Crippen molar-refractivity contribution in [2.45, 2.75) is 26.1 Å². The maximum absolute atomic E-state index is 9.28. The Morgan fingerprint density at radius 3 is 2.00 bits per heavy atom. The van der Waals surface area contributed by atoms with Crippen LogP contribution in [0.1, 0.15) is 13.8 Å². The number of aliphatic hydroxyl groups is 1. The summed E-state index contributed by atoms with van der Waals surface area (Å²) in [6.45, 7) is 7.67. The lowest BCUT2D eigenvalue weighted by atomic mass is 10.2. The normalized spacial score (nSPS) is 12.3. The molecule has 0 heterocycles. The summed E-state index contributed by atoms with van der Waals surface area (Å²) in [6.07, 6.45) is 0.745. The molecule has 15 heavy (non-hydrogen) atoms. The lowest BCUT2D eigenvalue weighted by Crippen LogP contribution is -2.15. The summed E-state index contributed by atoms with van der Waals surface area (Å²) in [5, 5.41) is 15.5. The van der Waals surface area contributed by atoms with Crippen LogP contribution in [0.5, 0.6) is 0 Å². The van der Waals surface area contributed by atoms with Gasteiger partial charge in [0.25, 0.3) is 0 Å². The molecule has 1 rings (SSSR count). The third-order valence-electron chi connectivity index (χ3n) is 1.88. The Hall–Kier alpha value is -1.48. The molecule has 3 N–H and O–H groups in total. The summed E-state index contributed by atoms with van der Waals surface area (Å²) in [5.74, 6) is 0. The summed E-state index contributed by atoms with van der Waals surface area (Å²) in [4.78, 5) is 0. The Bertz CT molecular complexity index is 306. The molecule has 0 amide bonds. The second-order valence-electron chi connectivity index (χ2n) is 3.70. The highest BCUT2D eigenvalue weighted by molar-refractivity contribution is 5.54. The van der Waals surface area contributed by atoms with E-state index in [1.807, 2.05) is 24.3 Å². The summed E-state index contributed by atoms with van der Waals surface area (Å²) < 4.78 is 0. The molecule has 0 saturated heterocycles. The fraction of sp³-hybridized carbons (Fsp3) is 0.333. The van der Waals surface area contributed by atoms with Crippen molar-refractivity contribution in [2.75, 3.05) is 10.6 Å². The zero-order valence-corrected chi connectivity index (χ0v) is 9.20. The summed E-state index contributed by atoms with van der Waals surface area (Å²) in [7, 11) is 0. The number of hydrogen-bond acceptors (Lipinski definition) is 3. The van der Waals surface area contributed by atoms with Gasteiger partial charge in [0, 0.05) is 17.4 Å². The van der Waals surface area contributed by atoms with Gasteiger partial charge in [-0.25, -0.2) is 0 Å². The maximum atomic E-state index is 9.28. The summed E-state index contributed by atoms with van der Waals surface area (Å²) in [5.41, 5.74) is 1.94. The Morgan fingerprint density at radius 1 is 1.13 bits per heavy atom. The van der Waals surface area contributed by atoms with E-state index in [0.29, 0.717) is 6.04 Å². The summed E-state index contributed by atoms with van der Waals surface area (Å²) >= 11 is 0. The highest BCUT2D eigenvalue weighted by Gasteiger charge is 1.98. The third kappa shape index (κ3) is 4.04. The highest BCUT2D eigenvalue weighted by Crippen LogP contribution is 2.14. The lowest BCUT2D eigenvalue weighted by Gasteiger charge is -2.12. The molecule has 0 aliphatic carbocycles. The molecule has 0 saturated carbocycles. The topological polar surface area (TPSA) is 44.3 Å². The number of anilines is 2. The van der Waals surface area contributed by atoms with Gasteiger partial charge in [-0.3, -0.25) is 0 Å². The van der Waals surface area contributed by atoms with E-state index in [1.165, 1.54) is 6.08 Å². The molecular weight excluding hydrogens is 188 g/mol. The van der Waals surface area contributed by atoms with E-state index in [9.17, 15) is 5.11 Å². The summed E-state index contributed by atoms with van der Waals surface area (Å²) in [6, 6.07) is 8.19. The van der Waals surface area contributed by atoms with Gasteiger partial charge >= 0.3 is 0 Å². The van der Waals surface area contributed by atoms with Gasteiger partial charge in [-0.2, -0.15) is 0 Å². The smallest absolute Gasteiger partial charge is 0.143 e. The van der Waals surface area contributed by atoms with Crippen molar-refractivity contribution in [2.24, 2.45) is 0 Å². The van der Waals surface area contributed by atoms with Crippen LogP contribution in [0.25, 0.3) is 0 Å². The van der Waals surface area contributed by atoms with Crippen LogP contribution in [0, 0.1) is 0 Å². The molecule has 0 radical (unpaired) electrons. The molecule has 1 atom stereocenters. The Kier molecular flexibility index (Phi) is 4.18. The minimum atomic E-state index is -0.700. The number of hydrogen-bond donors (Lipinski definition) is 3. The lowest BCUT2D eigenvalue weighted by molar-refractivity contribution is 0.253. The quantitative estimate of drug-likeness (QED) is 0.512. The predicted octanol–water partition coefficient (Wildman–Crippen LogP) is 2.42. The minimum absolute atomic E-state index is 0.419. The molecule has 0 aromatic heterocycles. The van der Waals surface area contributed by atoms with E-state index in [0.717, 1.165) is 11.4 Å². The molecule has 1 aromatic carbocycles. The van der Waals surface area contributed by atoms with E-state index in [-0.39, 0.29) is 0 Å². The van der Waals surface area contributed by atoms with Crippen LogP contribution < -0.4 is 10.6 Å². The monoisotopic (exact) mass is 206 g/mol.